The summed E-state index contributed by atoms with van der Waals surface area (Å²) in [5, 5.41) is 19.7. The summed E-state index contributed by atoms with van der Waals surface area (Å²) in [6.45, 7) is 1.46. The summed E-state index contributed by atoms with van der Waals surface area (Å²) in [6.07, 6.45) is 3.23. The largest absolute Gasteiger partial charge is 0.501 e. The smallest absolute Gasteiger partial charge is 0.406 e. The van der Waals surface area contributed by atoms with Gasteiger partial charge in [0.15, 0.2) is 10.8 Å². The second-order valence-electron chi connectivity index (χ2n) is 3.04. The maximum Gasteiger partial charge on any atom is 0.406 e. The van der Waals surface area contributed by atoms with E-state index in [1.165, 1.54) is 19.1 Å². The summed E-state index contributed by atoms with van der Waals surface area (Å²) in [5.41, 5.74) is 0.360. The van der Waals surface area contributed by atoms with Crippen LogP contribution in [0.1, 0.15) is 12.6 Å². The topological polar surface area (TPSA) is 93.3 Å². The molecular formula is C10H10N2O4S. The highest BCUT2D eigenvalue weighted by Crippen LogP contribution is 2.22. The Balaban J connectivity index is 2.75. The first kappa shape index (κ1) is 13.2. The van der Waals surface area contributed by atoms with E-state index in [1.54, 1.807) is 12.2 Å². The number of aromatic hydroxyl groups is 1. The number of pyridine rings is 1. The molecule has 0 aromatic carbocycles. The molecule has 0 spiro atoms. The zero-order valence-electron chi connectivity index (χ0n) is 8.99. The van der Waals surface area contributed by atoms with E-state index in [2.05, 4.69) is 4.98 Å². The van der Waals surface area contributed by atoms with E-state index >= 15 is 0 Å². The molecule has 6 nitrogen and oxygen atoms in total. The molecule has 7 heteroatoms. The molecule has 0 atom stereocenters. The lowest BCUT2D eigenvalue weighted by atomic mass is 10.3. The van der Waals surface area contributed by atoms with Crippen LogP contribution in [0.15, 0.2) is 18.2 Å². The molecule has 0 saturated carbocycles. The van der Waals surface area contributed by atoms with Crippen molar-refractivity contribution in [2.45, 2.75) is 6.92 Å². The molecule has 0 unspecified atom stereocenters. The van der Waals surface area contributed by atoms with Crippen molar-refractivity contribution in [1.29, 1.82) is 0 Å². The first-order chi connectivity index (χ1) is 8.00. The molecule has 1 aromatic heterocycles. The van der Waals surface area contributed by atoms with E-state index in [0.29, 0.717) is 11.4 Å². The van der Waals surface area contributed by atoms with Gasteiger partial charge in [-0.3, -0.25) is 4.79 Å². The predicted molar refractivity (Wildman–Crippen MR) is 64.7 cm³/mol. The minimum atomic E-state index is -0.753. The number of hydrogen-bond acceptors (Lipinski definition) is 6. The van der Waals surface area contributed by atoms with E-state index in [0.717, 1.165) is 11.8 Å². The molecule has 90 valence electrons. The van der Waals surface area contributed by atoms with Gasteiger partial charge in [0.1, 0.15) is 0 Å². The molecule has 1 N–H and O–H groups in total. The van der Waals surface area contributed by atoms with E-state index in [-0.39, 0.29) is 5.12 Å². The average molecular weight is 254 g/mol. The highest BCUT2D eigenvalue weighted by molar-refractivity contribution is 8.13. The number of thioether (sulfide) groups is 1. The Morgan fingerprint density at radius 1 is 1.65 bits per heavy atom. The van der Waals surface area contributed by atoms with Crippen LogP contribution in [0.2, 0.25) is 0 Å². The van der Waals surface area contributed by atoms with Gasteiger partial charge in [0.2, 0.25) is 5.75 Å². The first-order valence-corrected chi connectivity index (χ1v) is 5.63. The van der Waals surface area contributed by atoms with Gasteiger partial charge in [0.05, 0.1) is 0 Å². The maximum absolute atomic E-state index is 10.6. The van der Waals surface area contributed by atoms with Gasteiger partial charge in [0.25, 0.3) is 0 Å². The SMILES string of the molecule is CC(=O)SCC=Cc1ccc(O)c([N+](=O)[O-])n1. The van der Waals surface area contributed by atoms with E-state index in [4.69, 9.17) is 0 Å². The molecule has 1 heterocycles. The zero-order valence-corrected chi connectivity index (χ0v) is 9.81. The number of carbonyl (C=O) groups excluding carboxylic acids is 1. The van der Waals surface area contributed by atoms with Gasteiger partial charge in [-0.25, -0.2) is 0 Å². The van der Waals surface area contributed by atoms with Gasteiger partial charge in [0, 0.05) is 12.7 Å². The molecular weight excluding hydrogens is 244 g/mol. The number of nitrogens with zero attached hydrogens (tertiary/aromatic N) is 2. The van der Waals surface area contributed by atoms with E-state index in [1.807, 2.05) is 0 Å². The van der Waals surface area contributed by atoms with Crippen molar-refractivity contribution in [3.05, 3.63) is 34.0 Å². The maximum atomic E-state index is 10.6. The fourth-order valence-corrected chi connectivity index (χ4v) is 1.44. The fourth-order valence-electron chi connectivity index (χ4n) is 1.02. The molecule has 0 amide bonds. The predicted octanol–water partition coefficient (Wildman–Crippen LogP) is 1.99. The summed E-state index contributed by atoms with van der Waals surface area (Å²) in [4.78, 5) is 24.0. The number of nitro groups is 1. The first-order valence-electron chi connectivity index (χ1n) is 4.65. The Morgan fingerprint density at radius 2 is 2.35 bits per heavy atom. The van der Waals surface area contributed by atoms with Crippen molar-refractivity contribution in [1.82, 2.24) is 4.98 Å². The Hall–Kier alpha value is -1.89. The molecule has 0 aliphatic carbocycles. The van der Waals surface area contributed by atoms with Crippen molar-refractivity contribution in [3.63, 3.8) is 0 Å². The van der Waals surface area contributed by atoms with Crippen LogP contribution in [0.3, 0.4) is 0 Å². The van der Waals surface area contributed by atoms with Crippen LogP contribution in [0.25, 0.3) is 6.08 Å². The van der Waals surface area contributed by atoms with Gasteiger partial charge >= 0.3 is 5.82 Å². The third-order valence-electron chi connectivity index (χ3n) is 1.72. The van der Waals surface area contributed by atoms with Crippen molar-refractivity contribution in [3.8, 4) is 5.75 Å². The summed E-state index contributed by atoms with van der Waals surface area (Å²) in [5.74, 6) is -0.567. The highest BCUT2D eigenvalue weighted by atomic mass is 32.2. The van der Waals surface area contributed by atoms with Crippen LogP contribution in [-0.2, 0) is 4.79 Å². The van der Waals surface area contributed by atoms with Crippen LogP contribution in [0.5, 0.6) is 5.75 Å². The Morgan fingerprint density at radius 3 is 2.94 bits per heavy atom. The Kier molecular flexibility index (Phi) is 4.65. The molecule has 0 bridgehead atoms. The van der Waals surface area contributed by atoms with Crippen LogP contribution >= 0.6 is 11.8 Å². The average Bonchev–Trinajstić information content (AvgIpc) is 2.25. The summed E-state index contributed by atoms with van der Waals surface area (Å²) >= 11 is 1.13. The monoisotopic (exact) mass is 254 g/mol. The van der Waals surface area contributed by atoms with Crippen LogP contribution in [0, 0.1) is 10.1 Å². The van der Waals surface area contributed by atoms with Gasteiger partial charge in [-0.15, -0.1) is 0 Å². The van der Waals surface area contributed by atoms with Crippen molar-refractivity contribution in [2.75, 3.05) is 5.75 Å². The number of hydrogen-bond donors (Lipinski definition) is 1. The number of aromatic nitrogens is 1. The lowest BCUT2D eigenvalue weighted by Gasteiger charge is -1.95. The molecule has 0 aliphatic rings. The standard InChI is InChI=1S/C10H10N2O4S/c1-7(13)17-6-2-3-8-4-5-9(14)10(11-8)12(15)16/h2-5,14H,6H2,1H3. The second kappa shape index (κ2) is 6.00. The molecule has 17 heavy (non-hydrogen) atoms. The minimum absolute atomic E-state index is 0.000652. The minimum Gasteiger partial charge on any atom is -0.501 e. The highest BCUT2D eigenvalue weighted by Gasteiger charge is 2.15. The third kappa shape index (κ3) is 4.23. The Bertz CT molecular complexity index is 473. The summed E-state index contributed by atoms with van der Waals surface area (Å²) < 4.78 is 0. The van der Waals surface area contributed by atoms with E-state index < -0.39 is 16.5 Å². The van der Waals surface area contributed by atoms with Gasteiger partial charge < -0.3 is 15.2 Å². The fraction of sp³-hybridized carbons (Fsp3) is 0.200. The zero-order chi connectivity index (χ0) is 12.8. The quantitative estimate of drug-likeness (QED) is 0.652. The van der Waals surface area contributed by atoms with Crippen molar-refractivity contribution < 1.29 is 14.8 Å². The van der Waals surface area contributed by atoms with Crippen LogP contribution < -0.4 is 0 Å². The second-order valence-corrected chi connectivity index (χ2v) is 4.24. The summed E-state index contributed by atoms with van der Waals surface area (Å²) in [7, 11) is 0. The van der Waals surface area contributed by atoms with Crippen LogP contribution in [0.4, 0.5) is 5.82 Å². The number of carbonyl (C=O) groups is 1. The summed E-state index contributed by atoms with van der Waals surface area (Å²) in [6, 6.07) is 2.67. The molecule has 1 rings (SSSR count). The van der Waals surface area contributed by atoms with Gasteiger partial charge in [-0.05, 0) is 28.1 Å². The third-order valence-corrected chi connectivity index (χ3v) is 2.49. The Labute approximate surface area is 102 Å². The normalized spacial score (nSPS) is 10.6. The molecule has 1 aromatic rings. The van der Waals surface area contributed by atoms with Crippen molar-refractivity contribution >= 4 is 28.8 Å². The lowest BCUT2D eigenvalue weighted by Crippen LogP contribution is -1.94. The molecule has 0 saturated heterocycles. The molecule has 0 fully saturated rings. The van der Waals surface area contributed by atoms with Crippen LogP contribution in [-0.4, -0.2) is 25.9 Å². The van der Waals surface area contributed by atoms with E-state index in [9.17, 15) is 20.0 Å². The molecule has 0 aliphatic heterocycles. The van der Waals surface area contributed by atoms with Gasteiger partial charge in [-0.1, -0.05) is 17.8 Å². The lowest BCUT2D eigenvalue weighted by molar-refractivity contribution is -0.390. The number of rotatable bonds is 4. The van der Waals surface area contributed by atoms with Gasteiger partial charge in [-0.2, -0.15) is 0 Å². The molecule has 0 radical (unpaired) electrons. The van der Waals surface area contributed by atoms with Crippen molar-refractivity contribution in [2.24, 2.45) is 0 Å².